The van der Waals surface area contributed by atoms with Gasteiger partial charge in [0.1, 0.15) is 5.69 Å². The zero-order chi connectivity index (χ0) is 28.3. The Morgan fingerprint density at radius 3 is 2.08 bits per heavy atom. The first-order valence-electron chi connectivity index (χ1n) is 11.3. The summed E-state index contributed by atoms with van der Waals surface area (Å²) in [5.74, 6) is 0. The van der Waals surface area contributed by atoms with E-state index in [0.717, 1.165) is 39.0 Å². The van der Waals surface area contributed by atoms with E-state index in [-0.39, 0.29) is 11.4 Å². The molecule has 0 fully saturated rings. The minimum atomic E-state index is -4.70. The lowest BCUT2D eigenvalue weighted by Gasteiger charge is -2.11. The number of hydrogen-bond donors (Lipinski definition) is 1. The Morgan fingerprint density at radius 2 is 1.51 bits per heavy atom. The molecule has 0 saturated carbocycles. The highest BCUT2D eigenvalue weighted by molar-refractivity contribution is 7.99. The first-order chi connectivity index (χ1) is 18.4. The summed E-state index contributed by atoms with van der Waals surface area (Å²) in [6, 6.07) is 18.1. The number of non-ortho nitro benzene ring substituents is 1. The first-order valence-corrected chi connectivity index (χ1v) is 12.1. The van der Waals surface area contributed by atoms with Crippen LogP contribution in [0.5, 0.6) is 0 Å². The lowest BCUT2D eigenvalue weighted by molar-refractivity contribution is -0.384. The summed E-state index contributed by atoms with van der Waals surface area (Å²) >= 11 is 1.47. The van der Waals surface area contributed by atoms with Gasteiger partial charge in [-0.25, -0.2) is 0 Å². The number of benzene rings is 3. The highest BCUT2D eigenvalue weighted by Gasteiger charge is 2.33. The van der Waals surface area contributed by atoms with Gasteiger partial charge < -0.3 is 4.57 Å². The average molecular weight is 556 g/mol. The normalized spacial score (nSPS) is 11.6. The predicted octanol–water partition coefficient (Wildman–Crippen LogP) is 7.53. The Hall–Kier alpha value is -4.65. The molecular weight excluding hydrogens is 535 g/mol. The molecule has 4 rings (SSSR count). The summed E-state index contributed by atoms with van der Waals surface area (Å²) < 4.78 is 40.8. The van der Waals surface area contributed by atoms with Crippen molar-refractivity contribution in [2.75, 3.05) is 5.43 Å². The number of nitro benzene ring substituents is 2. The number of halogens is 3. The van der Waals surface area contributed by atoms with E-state index in [1.807, 2.05) is 48.7 Å². The third kappa shape index (κ3) is 6.26. The van der Waals surface area contributed by atoms with Gasteiger partial charge in [-0.05, 0) is 68.4 Å². The molecule has 0 aliphatic heterocycles. The Morgan fingerprint density at radius 1 is 0.897 bits per heavy atom. The second-order valence-electron chi connectivity index (χ2n) is 8.37. The van der Waals surface area contributed by atoms with Crippen molar-refractivity contribution in [2.45, 2.75) is 29.8 Å². The Bertz CT molecular complexity index is 1570. The molecule has 0 amide bonds. The number of nitrogens with one attached hydrogen (secondary N) is 1. The van der Waals surface area contributed by atoms with Crippen LogP contribution < -0.4 is 5.43 Å². The highest BCUT2D eigenvalue weighted by atomic mass is 32.2. The van der Waals surface area contributed by atoms with Crippen LogP contribution in [0.3, 0.4) is 0 Å². The molecule has 9 nitrogen and oxygen atoms in total. The van der Waals surface area contributed by atoms with E-state index >= 15 is 0 Å². The maximum atomic E-state index is 12.9. The Kier molecular flexibility index (Phi) is 7.72. The molecule has 0 unspecified atom stereocenters. The van der Waals surface area contributed by atoms with Gasteiger partial charge in [0, 0.05) is 50.6 Å². The molecule has 0 radical (unpaired) electrons. The highest BCUT2D eigenvalue weighted by Crippen LogP contribution is 2.35. The van der Waals surface area contributed by atoms with Crippen molar-refractivity contribution in [2.24, 2.45) is 5.10 Å². The van der Waals surface area contributed by atoms with Gasteiger partial charge in [-0.3, -0.25) is 25.7 Å². The molecule has 0 spiro atoms. The Balaban J connectivity index is 1.50. The van der Waals surface area contributed by atoms with Gasteiger partial charge in [-0.1, -0.05) is 11.8 Å². The van der Waals surface area contributed by atoms with E-state index in [4.69, 9.17) is 0 Å². The van der Waals surface area contributed by atoms with Crippen LogP contribution in [-0.4, -0.2) is 20.6 Å². The van der Waals surface area contributed by atoms with Gasteiger partial charge in [0.2, 0.25) is 0 Å². The number of anilines is 1. The zero-order valence-electron chi connectivity index (χ0n) is 20.5. The molecule has 13 heteroatoms. The fraction of sp³-hybridized carbons (Fsp3) is 0.115. The summed E-state index contributed by atoms with van der Waals surface area (Å²) in [5, 5.41) is 26.1. The maximum absolute atomic E-state index is 12.9. The molecule has 1 heterocycles. The first kappa shape index (κ1) is 27.4. The predicted molar refractivity (Wildman–Crippen MR) is 142 cm³/mol. The molecule has 0 aliphatic rings. The van der Waals surface area contributed by atoms with E-state index in [2.05, 4.69) is 10.5 Å². The number of rotatable bonds is 8. The monoisotopic (exact) mass is 555 g/mol. The molecule has 200 valence electrons. The smallest absolute Gasteiger partial charge is 0.318 e. The van der Waals surface area contributed by atoms with Crippen molar-refractivity contribution < 1.29 is 23.0 Å². The summed E-state index contributed by atoms with van der Waals surface area (Å²) in [4.78, 5) is 22.6. The summed E-state index contributed by atoms with van der Waals surface area (Å²) in [5.41, 5.74) is 3.78. The van der Waals surface area contributed by atoms with Gasteiger partial charge in [0.05, 0.1) is 21.6 Å². The van der Waals surface area contributed by atoms with Crippen molar-refractivity contribution >= 4 is 35.0 Å². The zero-order valence-corrected chi connectivity index (χ0v) is 21.3. The van der Waals surface area contributed by atoms with Crippen LogP contribution in [0, 0.1) is 34.1 Å². The summed E-state index contributed by atoms with van der Waals surface area (Å²) in [7, 11) is 0. The third-order valence-corrected chi connectivity index (χ3v) is 6.77. The minimum Gasteiger partial charge on any atom is -0.318 e. The van der Waals surface area contributed by atoms with Gasteiger partial charge in [0.25, 0.3) is 11.4 Å². The van der Waals surface area contributed by atoms with Gasteiger partial charge in [-0.15, -0.1) is 0 Å². The Labute approximate surface area is 224 Å². The third-order valence-electron chi connectivity index (χ3n) is 5.76. The molecule has 0 aliphatic carbocycles. The second kappa shape index (κ2) is 11.0. The van der Waals surface area contributed by atoms with E-state index in [0.29, 0.717) is 11.6 Å². The van der Waals surface area contributed by atoms with E-state index in [9.17, 15) is 33.4 Å². The number of aryl methyl sites for hydroxylation is 1. The van der Waals surface area contributed by atoms with Crippen LogP contribution >= 0.6 is 11.8 Å². The quantitative estimate of drug-likeness (QED) is 0.137. The van der Waals surface area contributed by atoms with Gasteiger partial charge >= 0.3 is 6.18 Å². The largest absolute Gasteiger partial charge is 0.416 e. The van der Waals surface area contributed by atoms with Crippen LogP contribution in [-0.2, 0) is 6.18 Å². The van der Waals surface area contributed by atoms with Crippen molar-refractivity contribution in [3.63, 3.8) is 0 Å². The molecule has 3 aromatic carbocycles. The van der Waals surface area contributed by atoms with Crippen LogP contribution in [0.2, 0.25) is 0 Å². The van der Waals surface area contributed by atoms with E-state index in [1.54, 1.807) is 12.1 Å². The summed E-state index contributed by atoms with van der Waals surface area (Å²) in [6.45, 7) is 3.77. The minimum absolute atomic E-state index is 0.0281. The molecule has 4 aromatic rings. The van der Waals surface area contributed by atoms with Gasteiger partial charge in [0.15, 0.2) is 0 Å². The molecule has 0 saturated heterocycles. The number of hydrogen-bond acceptors (Lipinski definition) is 7. The van der Waals surface area contributed by atoms with Gasteiger partial charge in [-0.2, -0.15) is 18.3 Å². The van der Waals surface area contributed by atoms with Crippen molar-refractivity contribution in [3.8, 4) is 5.69 Å². The van der Waals surface area contributed by atoms with E-state index in [1.165, 1.54) is 30.1 Å². The molecule has 39 heavy (non-hydrogen) atoms. The van der Waals surface area contributed by atoms with Crippen molar-refractivity contribution in [1.29, 1.82) is 0 Å². The number of nitro groups is 2. The van der Waals surface area contributed by atoms with Crippen LogP contribution in [0.1, 0.15) is 22.5 Å². The fourth-order valence-electron chi connectivity index (χ4n) is 3.88. The number of hydrazone groups is 1. The average Bonchev–Trinajstić information content (AvgIpc) is 3.17. The van der Waals surface area contributed by atoms with Crippen LogP contribution in [0.25, 0.3) is 5.69 Å². The fourth-order valence-corrected chi connectivity index (χ4v) is 4.69. The van der Waals surface area contributed by atoms with Crippen LogP contribution in [0.4, 0.5) is 30.2 Å². The summed E-state index contributed by atoms with van der Waals surface area (Å²) in [6.07, 6.45) is -3.26. The number of nitrogens with zero attached hydrogens (tertiary/aromatic N) is 4. The van der Waals surface area contributed by atoms with Crippen molar-refractivity contribution in [3.05, 3.63) is 116 Å². The molecule has 1 aromatic heterocycles. The van der Waals surface area contributed by atoms with Crippen molar-refractivity contribution in [1.82, 2.24) is 4.57 Å². The number of alkyl halides is 3. The molecule has 0 bridgehead atoms. The van der Waals surface area contributed by atoms with E-state index < -0.39 is 27.3 Å². The lowest BCUT2D eigenvalue weighted by atomic mass is 10.1. The lowest BCUT2D eigenvalue weighted by Crippen LogP contribution is -2.06. The second-order valence-corrected chi connectivity index (χ2v) is 9.51. The SMILES string of the molecule is Cc1cc(/C=N\Nc2ccc(C(F)(F)F)cc2[N+](=O)[O-])c(C)n1-c1ccc(Sc2ccc([N+](=O)[O-])cc2)cc1. The van der Waals surface area contributed by atoms with Crippen LogP contribution in [0.15, 0.2) is 87.7 Å². The standard InChI is InChI=1S/C26H20F3N5O4S/c1-16-13-18(15-30-31-24-12-3-19(26(27,28)29)14-25(24)34(37)38)17(2)32(16)20-4-8-22(9-5-20)39-23-10-6-21(7-11-23)33(35)36/h3-15,31H,1-2H3/b30-15-. The topological polar surface area (TPSA) is 116 Å². The molecule has 1 N–H and O–H groups in total. The molecule has 0 atom stereocenters. The maximum Gasteiger partial charge on any atom is 0.416 e. The molecular formula is C26H20F3N5O4S. The number of aromatic nitrogens is 1.